The smallest absolute Gasteiger partial charge is 0.337 e. The Labute approximate surface area is 101 Å². The quantitative estimate of drug-likeness (QED) is 0.748. The first-order valence-electron chi connectivity index (χ1n) is 5.27. The van der Waals surface area contributed by atoms with E-state index in [1.54, 1.807) is 12.1 Å². The summed E-state index contributed by atoms with van der Waals surface area (Å²) in [5.41, 5.74) is 0.978. The molecule has 3 nitrogen and oxygen atoms in total. The van der Waals surface area contributed by atoms with Crippen LogP contribution in [0.3, 0.4) is 0 Å². The lowest BCUT2D eigenvalue weighted by atomic mass is 9.94. The van der Waals surface area contributed by atoms with Crippen molar-refractivity contribution in [1.29, 1.82) is 5.26 Å². The molecule has 0 saturated heterocycles. The summed E-state index contributed by atoms with van der Waals surface area (Å²) in [5, 5.41) is 8.86. The second-order valence-electron chi connectivity index (χ2n) is 4.28. The number of methoxy groups -OCH3 is 1. The lowest BCUT2D eigenvalue weighted by Crippen LogP contribution is -2.02. The fraction of sp³-hybridized carbons (Fsp3) is 0.286. The molecule has 0 fully saturated rings. The van der Waals surface area contributed by atoms with Gasteiger partial charge in [0.2, 0.25) is 0 Å². The largest absolute Gasteiger partial charge is 0.465 e. The zero-order valence-electron chi connectivity index (χ0n) is 10.2. The van der Waals surface area contributed by atoms with E-state index >= 15 is 0 Å². The van der Waals surface area contributed by atoms with Crippen molar-refractivity contribution < 1.29 is 9.53 Å². The summed E-state index contributed by atoms with van der Waals surface area (Å²) >= 11 is 0. The molecule has 1 rings (SSSR count). The predicted molar refractivity (Wildman–Crippen MR) is 66.2 cm³/mol. The summed E-state index contributed by atoms with van der Waals surface area (Å²) in [5.74, 6) is -0.349. The number of carbonyl (C=O) groups excluding carboxylic acids is 1. The van der Waals surface area contributed by atoms with Gasteiger partial charge in [0.05, 0.1) is 24.2 Å². The Hall–Kier alpha value is -2.08. The Bertz CT molecular complexity index is 464. The van der Waals surface area contributed by atoms with Crippen LogP contribution in [-0.4, -0.2) is 13.1 Å². The SMILES string of the molecule is COC(=O)c1ccc(/C=C/C(C)(C)C#N)cc1. The van der Waals surface area contributed by atoms with Crippen LogP contribution in [0, 0.1) is 16.7 Å². The average molecular weight is 229 g/mol. The maximum absolute atomic E-state index is 11.2. The van der Waals surface area contributed by atoms with E-state index in [-0.39, 0.29) is 5.97 Å². The summed E-state index contributed by atoms with van der Waals surface area (Å²) < 4.78 is 4.61. The van der Waals surface area contributed by atoms with Gasteiger partial charge in [-0.25, -0.2) is 4.79 Å². The molecule has 0 aromatic heterocycles. The summed E-state index contributed by atoms with van der Waals surface area (Å²) in [6.45, 7) is 3.68. The van der Waals surface area contributed by atoms with Crippen LogP contribution in [0.25, 0.3) is 6.08 Å². The van der Waals surface area contributed by atoms with Gasteiger partial charge in [-0.15, -0.1) is 0 Å². The van der Waals surface area contributed by atoms with Crippen molar-refractivity contribution >= 4 is 12.0 Å². The molecular formula is C14H15NO2. The van der Waals surface area contributed by atoms with E-state index in [4.69, 9.17) is 5.26 Å². The highest BCUT2D eigenvalue weighted by Crippen LogP contribution is 2.17. The Balaban J connectivity index is 2.83. The van der Waals surface area contributed by atoms with Gasteiger partial charge in [0.25, 0.3) is 0 Å². The highest BCUT2D eigenvalue weighted by Gasteiger charge is 2.10. The van der Waals surface area contributed by atoms with Crippen LogP contribution in [0.2, 0.25) is 0 Å². The molecule has 0 unspecified atom stereocenters. The average Bonchev–Trinajstić information content (AvgIpc) is 2.36. The Kier molecular flexibility index (Phi) is 4.06. The lowest BCUT2D eigenvalue weighted by Gasteiger charge is -2.07. The van der Waals surface area contributed by atoms with E-state index in [0.29, 0.717) is 5.56 Å². The fourth-order valence-corrected chi connectivity index (χ4v) is 1.19. The zero-order valence-corrected chi connectivity index (χ0v) is 10.2. The van der Waals surface area contributed by atoms with Gasteiger partial charge in [-0.05, 0) is 31.5 Å². The minimum atomic E-state index is -0.485. The molecule has 0 amide bonds. The molecule has 3 heteroatoms. The van der Waals surface area contributed by atoms with Gasteiger partial charge >= 0.3 is 5.97 Å². The van der Waals surface area contributed by atoms with Gasteiger partial charge in [0.15, 0.2) is 0 Å². The summed E-state index contributed by atoms with van der Waals surface area (Å²) in [4.78, 5) is 11.2. The zero-order chi connectivity index (χ0) is 12.9. The van der Waals surface area contributed by atoms with Crippen LogP contribution in [0.15, 0.2) is 30.3 Å². The van der Waals surface area contributed by atoms with Crippen LogP contribution >= 0.6 is 0 Å². The third kappa shape index (κ3) is 3.76. The summed E-state index contributed by atoms with van der Waals surface area (Å²) in [6.07, 6.45) is 3.70. The van der Waals surface area contributed by atoms with Crippen LogP contribution in [0.1, 0.15) is 29.8 Å². The molecule has 88 valence electrons. The second kappa shape index (κ2) is 5.31. The topological polar surface area (TPSA) is 50.1 Å². The van der Waals surface area contributed by atoms with Gasteiger partial charge in [0, 0.05) is 0 Å². The number of hydrogen-bond donors (Lipinski definition) is 0. The molecular weight excluding hydrogens is 214 g/mol. The molecule has 17 heavy (non-hydrogen) atoms. The molecule has 0 atom stereocenters. The number of hydrogen-bond acceptors (Lipinski definition) is 3. The molecule has 0 radical (unpaired) electrons. The molecule has 1 aromatic carbocycles. The highest BCUT2D eigenvalue weighted by molar-refractivity contribution is 5.89. The molecule has 0 N–H and O–H groups in total. The van der Waals surface area contributed by atoms with E-state index in [0.717, 1.165) is 5.56 Å². The van der Waals surface area contributed by atoms with Gasteiger partial charge in [-0.2, -0.15) is 5.26 Å². The fourth-order valence-electron chi connectivity index (χ4n) is 1.19. The van der Waals surface area contributed by atoms with Crippen molar-refractivity contribution in [2.75, 3.05) is 7.11 Å². The van der Waals surface area contributed by atoms with Crippen molar-refractivity contribution in [3.05, 3.63) is 41.5 Å². The number of nitriles is 1. The highest BCUT2D eigenvalue weighted by atomic mass is 16.5. The van der Waals surface area contributed by atoms with Crippen molar-refractivity contribution in [3.63, 3.8) is 0 Å². The lowest BCUT2D eigenvalue weighted by molar-refractivity contribution is 0.0601. The maximum atomic E-state index is 11.2. The van der Waals surface area contributed by atoms with Crippen LogP contribution in [-0.2, 0) is 4.74 Å². The van der Waals surface area contributed by atoms with Crippen LogP contribution in [0.5, 0.6) is 0 Å². The number of rotatable bonds is 3. The molecule has 0 aliphatic rings. The van der Waals surface area contributed by atoms with Crippen molar-refractivity contribution in [2.45, 2.75) is 13.8 Å². The number of ether oxygens (including phenoxy) is 1. The first kappa shape index (κ1) is 13.0. The van der Waals surface area contributed by atoms with Crippen molar-refractivity contribution in [1.82, 2.24) is 0 Å². The standard InChI is InChI=1S/C14H15NO2/c1-14(2,10-15)9-8-11-4-6-12(7-5-11)13(16)17-3/h4-9H,1-3H3/b9-8+. The molecule has 0 bridgehead atoms. The Morgan fingerprint density at radius 1 is 1.35 bits per heavy atom. The first-order chi connectivity index (χ1) is 7.98. The minimum absolute atomic E-state index is 0.349. The minimum Gasteiger partial charge on any atom is -0.465 e. The van der Waals surface area contributed by atoms with Crippen molar-refractivity contribution in [2.24, 2.45) is 5.41 Å². The predicted octanol–water partition coefficient (Wildman–Crippen LogP) is 3.04. The maximum Gasteiger partial charge on any atom is 0.337 e. The number of benzene rings is 1. The molecule has 0 heterocycles. The van der Waals surface area contributed by atoms with Crippen molar-refractivity contribution in [3.8, 4) is 6.07 Å². The van der Waals surface area contributed by atoms with E-state index in [1.807, 2.05) is 38.1 Å². The summed E-state index contributed by atoms with van der Waals surface area (Å²) in [6, 6.07) is 9.22. The first-order valence-corrected chi connectivity index (χ1v) is 5.27. The number of allylic oxidation sites excluding steroid dienone is 1. The van der Waals surface area contributed by atoms with E-state index in [2.05, 4.69) is 10.8 Å². The van der Waals surface area contributed by atoms with E-state index < -0.39 is 5.41 Å². The monoisotopic (exact) mass is 229 g/mol. The van der Waals surface area contributed by atoms with Gasteiger partial charge in [-0.3, -0.25) is 0 Å². The van der Waals surface area contributed by atoms with Gasteiger partial charge in [0.1, 0.15) is 0 Å². The number of carbonyl (C=O) groups is 1. The summed E-state index contributed by atoms with van der Waals surface area (Å²) in [7, 11) is 1.35. The van der Waals surface area contributed by atoms with Gasteiger partial charge in [-0.1, -0.05) is 24.3 Å². The van der Waals surface area contributed by atoms with Crippen LogP contribution < -0.4 is 0 Å². The Morgan fingerprint density at radius 2 is 1.94 bits per heavy atom. The second-order valence-corrected chi connectivity index (χ2v) is 4.28. The van der Waals surface area contributed by atoms with E-state index in [1.165, 1.54) is 7.11 Å². The normalized spacial score (nSPS) is 11.2. The van der Waals surface area contributed by atoms with Gasteiger partial charge < -0.3 is 4.74 Å². The third-order valence-corrected chi connectivity index (χ3v) is 2.31. The Morgan fingerprint density at radius 3 is 2.41 bits per heavy atom. The molecule has 1 aromatic rings. The molecule has 0 aliphatic carbocycles. The molecule has 0 spiro atoms. The number of esters is 1. The van der Waals surface area contributed by atoms with E-state index in [9.17, 15) is 4.79 Å². The van der Waals surface area contributed by atoms with Crippen LogP contribution in [0.4, 0.5) is 0 Å². The number of nitrogens with zero attached hydrogens (tertiary/aromatic N) is 1. The molecule has 0 saturated carbocycles. The molecule has 0 aliphatic heterocycles. The third-order valence-electron chi connectivity index (χ3n) is 2.31.